The molecule has 0 N–H and O–H groups in total. The lowest BCUT2D eigenvalue weighted by Gasteiger charge is -2.40. The van der Waals surface area contributed by atoms with E-state index in [1.54, 1.807) is 0 Å². The number of rotatable bonds is 0. The first-order valence-corrected chi connectivity index (χ1v) is 3.95. The van der Waals surface area contributed by atoms with Gasteiger partial charge in [0.1, 0.15) is 0 Å². The third-order valence-electron chi connectivity index (χ3n) is 1.28. The molecule has 0 bridgehead atoms. The fourth-order valence-electron chi connectivity index (χ4n) is 0.591. The van der Waals surface area contributed by atoms with Gasteiger partial charge in [-0.05, 0) is 0 Å². The van der Waals surface area contributed by atoms with Gasteiger partial charge >= 0.3 is 27.4 Å². The molecule has 0 saturated carbocycles. The average Bonchev–Trinajstić information content (AvgIpc) is 1.83. The number of hydrogen-bond acceptors (Lipinski definition) is 3. The molecule has 0 spiro atoms. The molecule has 0 radical (unpaired) electrons. The van der Waals surface area contributed by atoms with Gasteiger partial charge in [0.25, 0.3) is 0 Å². The first-order chi connectivity index (χ1) is 5.46. The van der Waals surface area contributed by atoms with Gasteiger partial charge < -0.3 is 0 Å². The molecule has 1 atom stereocenters. The van der Waals surface area contributed by atoms with E-state index < -0.39 is 27.4 Å². The van der Waals surface area contributed by atoms with Gasteiger partial charge in [0, 0.05) is 0 Å². The maximum absolute atomic E-state index is 12.2. The summed E-state index contributed by atoms with van der Waals surface area (Å²) in [4.78, 5) is 0. The molecule has 0 aromatic rings. The van der Waals surface area contributed by atoms with Crippen molar-refractivity contribution in [2.24, 2.45) is 0 Å². The minimum atomic E-state index is -6.10. The lowest BCUT2D eigenvalue weighted by Crippen LogP contribution is -2.70. The summed E-state index contributed by atoms with van der Waals surface area (Å²) < 4.78 is 93.1. The molecular weight excluding hydrogens is 230 g/mol. The molecule has 10 heteroatoms. The second-order valence-corrected chi connectivity index (χ2v) is 3.73. The van der Waals surface area contributed by atoms with Crippen LogP contribution >= 0.6 is 0 Å². The average molecular weight is 230 g/mol. The second-order valence-electron chi connectivity index (χ2n) is 2.15. The van der Waals surface area contributed by atoms with Crippen molar-refractivity contribution in [3.8, 4) is 0 Å². The Morgan fingerprint density at radius 3 is 1.54 bits per heavy atom. The molecule has 1 unspecified atom stereocenters. The first-order valence-electron chi connectivity index (χ1n) is 2.54. The van der Waals surface area contributed by atoms with E-state index in [4.69, 9.17) is 0 Å². The largest absolute Gasteiger partial charge is 0.457 e. The van der Waals surface area contributed by atoms with Crippen LogP contribution in [0.3, 0.4) is 0 Å². The molecule has 0 aromatic carbocycles. The van der Waals surface area contributed by atoms with Crippen LogP contribution in [0.15, 0.2) is 0 Å². The second kappa shape index (κ2) is 2.11. The summed E-state index contributed by atoms with van der Waals surface area (Å²) in [6.07, 6.45) is -6.10. The Balaban J connectivity index is 3.17. The van der Waals surface area contributed by atoms with Crippen LogP contribution in [0.5, 0.6) is 0 Å². The minimum Gasteiger partial charge on any atom is -0.209 e. The molecule has 1 fully saturated rings. The van der Waals surface area contributed by atoms with E-state index in [2.05, 4.69) is 4.18 Å². The molecule has 13 heavy (non-hydrogen) atoms. The maximum atomic E-state index is 12.2. The van der Waals surface area contributed by atoms with Crippen molar-refractivity contribution in [1.29, 1.82) is 0 Å². The molecule has 1 heterocycles. The highest BCUT2D eigenvalue weighted by Gasteiger charge is 2.89. The molecule has 0 aromatic heterocycles. The van der Waals surface area contributed by atoms with E-state index in [-0.39, 0.29) is 0 Å². The van der Waals surface area contributed by atoms with Gasteiger partial charge in [-0.3, -0.25) is 0 Å². The van der Waals surface area contributed by atoms with Crippen molar-refractivity contribution in [2.75, 3.05) is 0 Å². The van der Waals surface area contributed by atoms with E-state index in [0.717, 1.165) is 0 Å². The molecule has 3 nitrogen and oxygen atoms in total. The Hall–Kier alpha value is -0.510. The summed E-state index contributed by atoms with van der Waals surface area (Å²) in [6.45, 7) is 0. The predicted octanol–water partition coefficient (Wildman–Crippen LogP) is 1.17. The van der Waals surface area contributed by atoms with E-state index >= 15 is 0 Å². The number of alkyl halides is 6. The van der Waals surface area contributed by atoms with Gasteiger partial charge in [0.2, 0.25) is 0 Å². The van der Waals surface area contributed by atoms with E-state index in [1.807, 2.05) is 0 Å². The van der Waals surface area contributed by atoms with Crippen LogP contribution in [0.25, 0.3) is 0 Å². The van der Waals surface area contributed by atoms with Crippen LogP contribution in [0.2, 0.25) is 0 Å². The zero-order chi connectivity index (χ0) is 10.7. The molecule has 1 saturated heterocycles. The van der Waals surface area contributed by atoms with Crippen LogP contribution in [0, 0.1) is 0 Å². The number of halogens is 6. The fourth-order valence-corrected chi connectivity index (χ4v) is 1.56. The summed E-state index contributed by atoms with van der Waals surface area (Å²) >= 11 is 0. The van der Waals surface area contributed by atoms with Crippen molar-refractivity contribution < 1.29 is 38.9 Å². The lowest BCUT2D eigenvalue weighted by atomic mass is 10.3. The van der Waals surface area contributed by atoms with Crippen molar-refractivity contribution in [3.05, 3.63) is 0 Å². The third-order valence-corrected chi connectivity index (χ3v) is 2.62. The van der Waals surface area contributed by atoms with Gasteiger partial charge in [0.15, 0.2) is 0 Å². The molecule has 1 aliphatic rings. The Labute approximate surface area is 67.4 Å². The zero-order valence-electron chi connectivity index (χ0n) is 5.40. The summed E-state index contributed by atoms with van der Waals surface area (Å²) in [6, 6.07) is 0. The van der Waals surface area contributed by atoms with E-state index in [1.165, 1.54) is 0 Å². The normalized spacial score (nSPS) is 36.8. The van der Waals surface area contributed by atoms with Crippen molar-refractivity contribution in [1.82, 2.24) is 0 Å². The van der Waals surface area contributed by atoms with Gasteiger partial charge in [-0.2, -0.15) is 34.8 Å². The predicted molar refractivity (Wildman–Crippen MR) is 24.8 cm³/mol. The van der Waals surface area contributed by atoms with Gasteiger partial charge in [-0.1, -0.05) is 0 Å². The van der Waals surface area contributed by atoms with Gasteiger partial charge in [-0.15, -0.1) is 0 Å². The van der Waals surface area contributed by atoms with E-state index in [9.17, 15) is 34.8 Å². The summed E-state index contributed by atoms with van der Waals surface area (Å²) in [7, 11) is -5.78. The van der Waals surface area contributed by atoms with Crippen molar-refractivity contribution in [3.63, 3.8) is 0 Å². The van der Waals surface area contributed by atoms with Crippen LogP contribution in [-0.2, 0) is 14.3 Å². The highest BCUT2D eigenvalue weighted by atomic mass is 32.2. The highest BCUT2D eigenvalue weighted by Crippen LogP contribution is 2.57. The van der Waals surface area contributed by atoms with Crippen LogP contribution in [0.1, 0.15) is 0 Å². The summed E-state index contributed by atoms with van der Waals surface area (Å²) in [5.74, 6) is -5.43. The minimum absolute atomic E-state index is 2.52. The Morgan fingerprint density at radius 2 is 1.46 bits per heavy atom. The van der Waals surface area contributed by atoms with Crippen LogP contribution in [0.4, 0.5) is 26.3 Å². The highest BCUT2D eigenvalue weighted by molar-refractivity contribution is 7.89. The lowest BCUT2D eigenvalue weighted by molar-refractivity contribution is -0.379. The summed E-state index contributed by atoms with van der Waals surface area (Å²) in [5.41, 5.74) is 0. The topological polar surface area (TPSA) is 43.4 Å². The molecule has 0 aliphatic carbocycles. The van der Waals surface area contributed by atoms with Crippen molar-refractivity contribution in [2.45, 2.75) is 17.3 Å². The monoisotopic (exact) mass is 230 g/mol. The SMILES string of the molecule is O=S1(=O)OC(F)(C(F)(F)F)C1(F)F. The Bertz CT molecular complexity index is 330. The quantitative estimate of drug-likeness (QED) is 0.463. The molecular formula is C3F6O3S. The molecule has 1 aliphatic heterocycles. The van der Waals surface area contributed by atoms with Crippen LogP contribution in [-0.4, -0.2) is 25.7 Å². The molecule has 0 amide bonds. The van der Waals surface area contributed by atoms with Gasteiger partial charge in [0.05, 0.1) is 0 Å². The molecule has 1 rings (SSSR count). The van der Waals surface area contributed by atoms with Crippen LogP contribution < -0.4 is 0 Å². The smallest absolute Gasteiger partial charge is 0.209 e. The number of hydrogen-bond donors (Lipinski definition) is 0. The third kappa shape index (κ3) is 0.980. The van der Waals surface area contributed by atoms with Crippen molar-refractivity contribution >= 4 is 10.1 Å². The summed E-state index contributed by atoms with van der Waals surface area (Å²) in [5, 5.41) is -5.59. The Kier molecular flexibility index (Phi) is 1.71. The zero-order valence-corrected chi connectivity index (χ0v) is 6.22. The van der Waals surface area contributed by atoms with E-state index in [0.29, 0.717) is 0 Å². The standard InChI is InChI=1S/C3F6O3S/c4-1(2(5,6)7)3(8,9)13(10,11)12-1. The maximum Gasteiger partial charge on any atom is 0.457 e. The van der Waals surface area contributed by atoms with Gasteiger partial charge in [-0.25, -0.2) is 4.18 Å². The molecule has 78 valence electrons. The Morgan fingerprint density at radius 1 is 1.08 bits per heavy atom. The fraction of sp³-hybridized carbons (Fsp3) is 1.00. The first kappa shape index (κ1) is 10.6.